The number of aromatic amines is 1. The average Bonchev–Trinajstić information content (AvgIpc) is 3.40. The first kappa shape index (κ1) is 18.5. The van der Waals surface area contributed by atoms with E-state index in [0.717, 1.165) is 16.5 Å². The van der Waals surface area contributed by atoms with Crippen molar-refractivity contribution in [2.24, 2.45) is 0 Å². The SMILES string of the molecule is O=C(CN1C(=O)/C(=C\c2ccco2)SC1=S)NCCc1c[nH]c2ccccc12. The molecule has 4 rings (SSSR count). The van der Waals surface area contributed by atoms with E-state index in [0.29, 0.717) is 28.0 Å². The number of amides is 2. The molecular weight excluding hydrogens is 394 g/mol. The molecule has 2 amide bonds. The highest BCUT2D eigenvalue weighted by atomic mass is 32.2. The second-order valence-electron chi connectivity index (χ2n) is 6.24. The van der Waals surface area contributed by atoms with Gasteiger partial charge in [0.2, 0.25) is 5.91 Å². The molecular formula is C20H17N3O3S2. The van der Waals surface area contributed by atoms with Crippen LogP contribution >= 0.6 is 24.0 Å². The summed E-state index contributed by atoms with van der Waals surface area (Å²) in [6, 6.07) is 11.5. The van der Waals surface area contributed by atoms with Gasteiger partial charge in [-0.05, 0) is 30.2 Å². The molecule has 0 unspecified atom stereocenters. The molecule has 8 heteroatoms. The zero-order valence-electron chi connectivity index (χ0n) is 14.8. The summed E-state index contributed by atoms with van der Waals surface area (Å²) >= 11 is 6.42. The maximum absolute atomic E-state index is 12.5. The Hall–Kier alpha value is -2.84. The van der Waals surface area contributed by atoms with Crippen LogP contribution in [0.25, 0.3) is 17.0 Å². The van der Waals surface area contributed by atoms with Gasteiger partial charge in [-0.25, -0.2) is 0 Å². The van der Waals surface area contributed by atoms with E-state index >= 15 is 0 Å². The van der Waals surface area contributed by atoms with Crippen molar-refractivity contribution in [1.29, 1.82) is 0 Å². The summed E-state index contributed by atoms with van der Waals surface area (Å²) in [4.78, 5) is 29.8. The van der Waals surface area contributed by atoms with Gasteiger partial charge < -0.3 is 14.7 Å². The number of hydrogen-bond acceptors (Lipinski definition) is 5. The van der Waals surface area contributed by atoms with Gasteiger partial charge in [0.15, 0.2) is 0 Å². The maximum atomic E-state index is 12.5. The number of carbonyl (C=O) groups excluding carboxylic acids is 2. The Kier molecular flexibility index (Phi) is 5.31. The van der Waals surface area contributed by atoms with Gasteiger partial charge in [0.05, 0.1) is 11.2 Å². The normalized spacial score (nSPS) is 15.7. The molecule has 1 aliphatic heterocycles. The number of hydrogen-bond donors (Lipinski definition) is 2. The van der Waals surface area contributed by atoms with Crippen molar-refractivity contribution < 1.29 is 14.0 Å². The zero-order valence-corrected chi connectivity index (χ0v) is 16.4. The van der Waals surface area contributed by atoms with Crippen molar-refractivity contribution in [3.8, 4) is 0 Å². The fourth-order valence-electron chi connectivity index (χ4n) is 3.01. The molecule has 3 heterocycles. The highest BCUT2D eigenvalue weighted by molar-refractivity contribution is 8.26. The van der Waals surface area contributed by atoms with Crippen LogP contribution in [0.4, 0.5) is 0 Å². The third-order valence-corrected chi connectivity index (χ3v) is 5.76. The molecule has 2 N–H and O–H groups in total. The number of nitrogens with one attached hydrogen (secondary N) is 2. The highest BCUT2D eigenvalue weighted by Gasteiger charge is 2.33. The summed E-state index contributed by atoms with van der Waals surface area (Å²) in [5, 5.41) is 4.01. The molecule has 0 saturated carbocycles. The van der Waals surface area contributed by atoms with E-state index < -0.39 is 0 Å². The Labute approximate surface area is 171 Å². The smallest absolute Gasteiger partial charge is 0.266 e. The molecule has 0 spiro atoms. The third-order valence-electron chi connectivity index (χ3n) is 4.38. The first-order chi connectivity index (χ1) is 13.6. The van der Waals surface area contributed by atoms with E-state index in [4.69, 9.17) is 16.6 Å². The molecule has 3 aromatic rings. The van der Waals surface area contributed by atoms with Crippen LogP contribution in [0.15, 0.2) is 58.2 Å². The topological polar surface area (TPSA) is 78.3 Å². The van der Waals surface area contributed by atoms with E-state index in [2.05, 4.69) is 16.4 Å². The number of carbonyl (C=O) groups is 2. The van der Waals surface area contributed by atoms with Crippen molar-refractivity contribution in [1.82, 2.24) is 15.2 Å². The van der Waals surface area contributed by atoms with Crippen LogP contribution in [0.3, 0.4) is 0 Å². The van der Waals surface area contributed by atoms with Gasteiger partial charge in [-0.3, -0.25) is 14.5 Å². The number of furan rings is 1. The van der Waals surface area contributed by atoms with Gasteiger partial charge in [0, 0.05) is 29.7 Å². The highest BCUT2D eigenvalue weighted by Crippen LogP contribution is 2.32. The largest absolute Gasteiger partial charge is 0.465 e. The van der Waals surface area contributed by atoms with Crippen LogP contribution in [-0.2, 0) is 16.0 Å². The van der Waals surface area contributed by atoms with E-state index in [9.17, 15) is 9.59 Å². The number of benzene rings is 1. The van der Waals surface area contributed by atoms with Crippen LogP contribution in [0.5, 0.6) is 0 Å². The lowest BCUT2D eigenvalue weighted by Gasteiger charge is -2.14. The summed E-state index contributed by atoms with van der Waals surface area (Å²) in [5.74, 6) is 0.0530. The molecule has 0 atom stereocenters. The van der Waals surface area contributed by atoms with Gasteiger partial charge >= 0.3 is 0 Å². The monoisotopic (exact) mass is 411 g/mol. The Morgan fingerprint density at radius 3 is 2.96 bits per heavy atom. The van der Waals surface area contributed by atoms with Crippen molar-refractivity contribution in [2.45, 2.75) is 6.42 Å². The number of aromatic nitrogens is 1. The minimum absolute atomic E-state index is 0.0892. The van der Waals surface area contributed by atoms with Gasteiger partial charge in [-0.2, -0.15) is 0 Å². The van der Waals surface area contributed by atoms with E-state index in [-0.39, 0.29) is 18.4 Å². The van der Waals surface area contributed by atoms with Gasteiger partial charge in [-0.1, -0.05) is 42.2 Å². The van der Waals surface area contributed by atoms with Crippen LogP contribution in [-0.4, -0.2) is 39.1 Å². The standard InChI is InChI=1S/C20H17N3O3S2/c24-18(21-8-7-13-11-22-16-6-2-1-5-15(13)16)12-23-19(25)17(28-20(23)27)10-14-4-3-9-26-14/h1-6,9-11,22H,7-8,12H2,(H,21,24)/b17-10+. The average molecular weight is 412 g/mol. The van der Waals surface area contributed by atoms with E-state index in [1.54, 1.807) is 18.2 Å². The molecule has 2 aromatic heterocycles. The summed E-state index contributed by atoms with van der Waals surface area (Å²) < 4.78 is 5.60. The second-order valence-corrected chi connectivity index (χ2v) is 7.92. The minimum atomic E-state index is -0.279. The molecule has 1 saturated heterocycles. The zero-order chi connectivity index (χ0) is 19.5. The quantitative estimate of drug-likeness (QED) is 0.481. The Morgan fingerprint density at radius 2 is 2.14 bits per heavy atom. The number of nitrogens with zero attached hydrogens (tertiary/aromatic N) is 1. The summed E-state index contributed by atoms with van der Waals surface area (Å²) in [5.41, 5.74) is 2.22. The summed E-state index contributed by atoms with van der Waals surface area (Å²) in [6.07, 6.45) is 5.83. The van der Waals surface area contributed by atoms with Crippen molar-refractivity contribution in [2.75, 3.05) is 13.1 Å². The number of H-pyrrole nitrogens is 1. The molecule has 1 fully saturated rings. The fraction of sp³-hybridized carbons (Fsp3) is 0.150. The number of para-hydroxylation sites is 1. The van der Waals surface area contributed by atoms with Crippen molar-refractivity contribution in [3.05, 3.63) is 65.1 Å². The maximum Gasteiger partial charge on any atom is 0.266 e. The molecule has 1 aromatic carbocycles. The Morgan fingerprint density at radius 1 is 1.29 bits per heavy atom. The van der Waals surface area contributed by atoms with Crippen LogP contribution in [0, 0.1) is 0 Å². The van der Waals surface area contributed by atoms with Crippen molar-refractivity contribution in [3.63, 3.8) is 0 Å². The fourth-order valence-corrected chi connectivity index (χ4v) is 4.25. The van der Waals surface area contributed by atoms with Crippen LogP contribution in [0.1, 0.15) is 11.3 Å². The number of fused-ring (bicyclic) bond motifs is 1. The van der Waals surface area contributed by atoms with Gasteiger partial charge in [-0.15, -0.1) is 0 Å². The lowest BCUT2D eigenvalue weighted by molar-refractivity contribution is -0.128. The predicted molar refractivity (Wildman–Crippen MR) is 114 cm³/mol. The van der Waals surface area contributed by atoms with Gasteiger partial charge in [0.1, 0.15) is 16.6 Å². The molecule has 142 valence electrons. The summed E-state index contributed by atoms with van der Waals surface area (Å²) in [6.45, 7) is 0.395. The second kappa shape index (κ2) is 8.04. The molecule has 0 aliphatic carbocycles. The van der Waals surface area contributed by atoms with Crippen LogP contribution < -0.4 is 5.32 Å². The van der Waals surface area contributed by atoms with Crippen LogP contribution in [0.2, 0.25) is 0 Å². The molecule has 0 bridgehead atoms. The minimum Gasteiger partial charge on any atom is -0.465 e. The Bertz CT molecular complexity index is 1070. The predicted octanol–water partition coefficient (Wildman–Crippen LogP) is 3.32. The molecule has 28 heavy (non-hydrogen) atoms. The Balaban J connectivity index is 1.32. The summed E-state index contributed by atoms with van der Waals surface area (Å²) in [7, 11) is 0. The van der Waals surface area contributed by atoms with E-state index in [1.165, 1.54) is 22.9 Å². The third kappa shape index (κ3) is 3.88. The first-order valence-corrected chi connectivity index (χ1v) is 9.95. The first-order valence-electron chi connectivity index (χ1n) is 8.72. The van der Waals surface area contributed by atoms with Gasteiger partial charge in [0.25, 0.3) is 5.91 Å². The number of thioether (sulfide) groups is 1. The van der Waals surface area contributed by atoms with Crippen molar-refractivity contribution >= 4 is 57.1 Å². The van der Waals surface area contributed by atoms with E-state index in [1.807, 2.05) is 24.4 Å². The number of thiocarbonyl (C=S) groups is 1. The lowest BCUT2D eigenvalue weighted by atomic mass is 10.1. The molecule has 6 nitrogen and oxygen atoms in total. The number of rotatable bonds is 6. The molecule has 1 aliphatic rings. The lowest BCUT2D eigenvalue weighted by Crippen LogP contribution is -2.40. The molecule has 0 radical (unpaired) electrons.